The highest BCUT2D eigenvalue weighted by molar-refractivity contribution is 5.99. The lowest BCUT2D eigenvalue weighted by Crippen LogP contribution is -2.12. The van der Waals surface area contributed by atoms with E-state index in [1.165, 1.54) is 6.08 Å². The minimum Gasteiger partial charge on any atom is -0.478 e. The van der Waals surface area contributed by atoms with Crippen molar-refractivity contribution in [1.82, 2.24) is 5.32 Å². The highest BCUT2D eigenvalue weighted by atomic mass is 16.4. The first kappa shape index (κ1) is 9.45. The van der Waals surface area contributed by atoms with Crippen LogP contribution >= 0.6 is 0 Å². The van der Waals surface area contributed by atoms with Gasteiger partial charge in [-0.05, 0) is 23.3 Å². The largest absolute Gasteiger partial charge is 0.478 e. The predicted octanol–water partition coefficient (Wildman–Crippen LogP) is 1.03. The molecule has 4 nitrogen and oxygen atoms in total. The van der Waals surface area contributed by atoms with Gasteiger partial charge < -0.3 is 10.4 Å². The number of carbonyl (C=O) groups is 2. The van der Waals surface area contributed by atoms with Crippen LogP contribution in [0.1, 0.15) is 21.5 Å². The summed E-state index contributed by atoms with van der Waals surface area (Å²) in [4.78, 5) is 21.7. The van der Waals surface area contributed by atoms with Crippen LogP contribution in [0.4, 0.5) is 0 Å². The van der Waals surface area contributed by atoms with Crippen molar-refractivity contribution in [2.24, 2.45) is 0 Å². The minimum atomic E-state index is -0.995. The molecule has 76 valence electrons. The van der Waals surface area contributed by atoms with Crippen LogP contribution in [0.5, 0.6) is 0 Å². The first-order chi connectivity index (χ1) is 7.18. The molecule has 1 aromatic rings. The maximum Gasteiger partial charge on any atom is 0.328 e. The summed E-state index contributed by atoms with van der Waals surface area (Å²) in [6.07, 6.45) is 2.57. The third-order valence-corrected chi connectivity index (χ3v) is 2.29. The summed E-state index contributed by atoms with van der Waals surface area (Å²) in [6.45, 7) is 0.467. The van der Waals surface area contributed by atoms with Crippen LogP contribution in [0.25, 0.3) is 6.08 Å². The van der Waals surface area contributed by atoms with Gasteiger partial charge in [-0.25, -0.2) is 4.79 Å². The molecule has 1 amide bonds. The highest BCUT2D eigenvalue weighted by Gasteiger charge is 2.19. The van der Waals surface area contributed by atoms with E-state index < -0.39 is 5.97 Å². The van der Waals surface area contributed by atoms with E-state index in [4.69, 9.17) is 5.11 Å². The molecule has 4 heteroatoms. The van der Waals surface area contributed by atoms with Crippen LogP contribution in [0.2, 0.25) is 0 Å². The van der Waals surface area contributed by atoms with Gasteiger partial charge in [0.15, 0.2) is 0 Å². The van der Waals surface area contributed by atoms with Gasteiger partial charge in [0, 0.05) is 18.2 Å². The second kappa shape index (κ2) is 3.57. The Bertz CT molecular complexity index is 463. The lowest BCUT2D eigenvalue weighted by molar-refractivity contribution is -0.131. The number of hydrogen-bond acceptors (Lipinski definition) is 2. The molecule has 0 fully saturated rings. The molecule has 15 heavy (non-hydrogen) atoms. The molecule has 0 spiro atoms. The summed E-state index contributed by atoms with van der Waals surface area (Å²) in [5.41, 5.74) is 2.26. The van der Waals surface area contributed by atoms with Crippen molar-refractivity contribution in [3.05, 3.63) is 41.0 Å². The quantitative estimate of drug-likeness (QED) is 0.705. The van der Waals surface area contributed by atoms with E-state index in [0.717, 1.165) is 17.2 Å². The summed E-state index contributed by atoms with van der Waals surface area (Å²) < 4.78 is 0. The van der Waals surface area contributed by atoms with Crippen LogP contribution in [0.15, 0.2) is 24.3 Å². The average molecular weight is 203 g/mol. The van der Waals surface area contributed by atoms with Gasteiger partial charge >= 0.3 is 5.97 Å². The fourth-order valence-corrected chi connectivity index (χ4v) is 1.60. The second-order valence-corrected chi connectivity index (χ2v) is 3.23. The number of amides is 1. The van der Waals surface area contributed by atoms with Crippen molar-refractivity contribution in [2.75, 3.05) is 0 Å². The second-order valence-electron chi connectivity index (χ2n) is 3.23. The Labute approximate surface area is 86.2 Å². The van der Waals surface area contributed by atoms with Gasteiger partial charge in [-0.3, -0.25) is 4.79 Å². The van der Waals surface area contributed by atoms with Crippen molar-refractivity contribution < 1.29 is 14.7 Å². The first-order valence-corrected chi connectivity index (χ1v) is 4.49. The number of nitrogens with one attached hydrogen (secondary N) is 1. The Kier molecular flexibility index (Phi) is 2.25. The first-order valence-electron chi connectivity index (χ1n) is 4.49. The smallest absolute Gasteiger partial charge is 0.328 e. The zero-order chi connectivity index (χ0) is 10.8. The van der Waals surface area contributed by atoms with Crippen LogP contribution in [-0.4, -0.2) is 17.0 Å². The van der Waals surface area contributed by atoms with Crippen LogP contribution in [0.3, 0.4) is 0 Å². The van der Waals surface area contributed by atoms with E-state index in [0.29, 0.717) is 12.1 Å². The van der Waals surface area contributed by atoms with E-state index in [9.17, 15) is 9.59 Å². The van der Waals surface area contributed by atoms with E-state index in [1.807, 2.05) is 0 Å². The number of rotatable bonds is 2. The van der Waals surface area contributed by atoms with Gasteiger partial charge in [-0.15, -0.1) is 0 Å². The molecular formula is C11H9NO3. The minimum absolute atomic E-state index is 0.101. The molecule has 2 N–H and O–H groups in total. The number of fused-ring (bicyclic) bond motifs is 1. The molecule has 0 radical (unpaired) electrons. The molecule has 1 heterocycles. The SMILES string of the molecule is O=C(O)C=Cc1cccc2c1CNC2=O. The monoisotopic (exact) mass is 203 g/mol. The summed E-state index contributed by atoms with van der Waals surface area (Å²) in [6, 6.07) is 5.26. The third kappa shape index (κ3) is 1.74. The maximum atomic E-state index is 11.3. The van der Waals surface area contributed by atoms with Crippen LogP contribution < -0.4 is 5.32 Å². The van der Waals surface area contributed by atoms with Gasteiger partial charge in [0.25, 0.3) is 5.91 Å². The molecule has 0 saturated heterocycles. The van der Waals surface area contributed by atoms with E-state index in [1.54, 1.807) is 18.2 Å². The van der Waals surface area contributed by atoms with Gasteiger partial charge in [-0.1, -0.05) is 12.1 Å². The molecule has 0 bridgehead atoms. The summed E-state index contributed by atoms with van der Waals surface area (Å²) in [5.74, 6) is -1.10. The van der Waals surface area contributed by atoms with Crippen molar-refractivity contribution in [2.45, 2.75) is 6.54 Å². The van der Waals surface area contributed by atoms with Gasteiger partial charge in [0.05, 0.1) is 0 Å². The number of benzene rings is 1. The van der Waals surface area contributed by atoms with Crippen molar-refractivity contribution in [3.8, 4) is 0 Å². The molecule has 2 rings (SSSR count). The van der Waals surface area contributed by atoms with Crippen LogP contribution in [0, 0.1) is 0 Å². The molecule has 0 aliphatic carbocycles. The fourth-order valence-electron chi connectivity index (χ4n) is 1.60. The Morgan fingerprint density at radius 2 is 2.27 bits per heavy atom. The van der Waals surface area contributed by atoms with Gasteiger partial charge in [0.2, 0.25) is 0 Å². The lowest BCUT2D eigenvalue weighted by Gasteiger charge is -2.00. The molecular weight excluding hydrogens is 194 g/mol. The number of carbonyl (C=O) groups excluding carboxylic acids is 1. The van der Waals surface area contributed by atoms with Crippen molar-refractivity contribution in [1.29, 1.82) is 0 Å². The Morgan fingerprint density at radius 1 is 1.47 bits per heavy atom. The number of carboxylic acid groups (broad SMARTS) is 1. The summed E-state index contributed by atoms with van der Waals surface area (Å²) >= 11 is 0. The molecule has 1 aliphatic rings. The Morgan fingerprint density at radius 3 is 3.00 bits per heavy atom. The Balaban J connectivity index is 2.42. The standard InChI is InChI=1S/C11H9NO3/c13-10(14)5-4-7-2-1-3-8-9(7)6-12-11(8)15/h1-5H,6H2,(H,12,15)(H,13,14). The number of aliphatic carboxylic acids is 1. The van der Waals surface area contributed by atoms with Gasteiger partial charge in [-0.2, -0.15) is 0 Å². The molecule has 1 aromatic carbocycles. The van der Waals surface area contributed by atoms with Crippen LogP contribution in [-0.2, 0) is 11.3 Å². The molecule has 0 saturated carbocycles. The molecule has 0 atom stereocenters. The number of carboxylic acids is 1. The molecule has 0 unspecified atom stereocenters. The molecule has 0 aromatic heterocycles. The lowest BCUT2D eigenvalue weighted by atomic mass is 10.0. The average Bonchev–Trinajstić information content (AvgIpc) is 2.58. The Hall–Kier alpha value is -2.10. The molecule has 1 aliphatic heterocycles. The van der Waals surface area contributed by atoms with E-state index in [-0.39, 0.29) is 5.91 Å². The summed E-state index contributed by atoms with van der Waals surface area (Å²) in [5, 5.41) is 11.2. The maximum absolute atomic E-state index is 11.3. The highest BCUT2D eigenvalue weighted by Crippen LogP contribution is 2.20. The zero-order valence-electron chi connectivity index (χ0n) is 7.86. The van der Waals surface area contributed by atoms with Gasteiger partial charge in [0.1, 0.15) is 0 Å². The fraction of sp³-hybridized carbons (Fsp3) is 0.0909. The third-order valence-electron chi connectivity index (χ3n) is 2.29. The normalized spacial score (nSPS) is 14.0. The van der Waals surface area contributed by atoms with Crippen molar-refractivity contribution >= 4 is 18.0 Å². The van der Waals surface area contributed by atoms with E-state index >= 15 is 0 Å². The number of hydrogen-bond donors (Lipinski definition) is 2. The topological polar surface area (TPSA) is 66.4 Å². The van der Waals surface area contributed by atoms with E-state index in [2.05, 4.69) is 5.32 Å². The zero-order valence-corrected chi connectivity index (χ0v) is 7.86. The van der Waals surface area contributed by atoms with Crippen molar-refractivity contribution in [3.63, 3.8) is 0 Å². The predicted molar refractivity (Wildman–Crippen MR) is 54.3 cm³/mol. The summed E-state index contributed by atoms with van der Waals surface area (Å²) in [7, 11) is 0.